The van der Waals surface area contributed by atoms with Gasteiger partial charge in [-0.25, -0.2) is 0 Å². The van der Waals surface area contributed by atoms with Gasteiger partial charge in [0, 0.05) is 25.5 Å². The quantitative estimate of drug-likeness (QED) is 0.878. The smallest absolute Gasteiger partial charge is 0.208 e. The standard InChI is InChI=1S/C13H17ClN4S2/c1-4-15-8-9-6-5-7-10(14)11(9)19-13-17-16-12(20-13)18(2)3/h5-7,15H,4,8H2,1-3H3. The zero-order valence-corrected chi connectivity index (χ0v) is 14.1. The number of hydrogen-bond donors (Lipinski definition) is 1. The van der Waals surface area contributed by atoms with Crippen molar-refractivity contribution < 1.29 is 0 Å². The highest BCUT2D eigenvalue weighted by atomic mass is 35.5. The molecule has 7 heteroatoms. The summed E-state index contributed by atoms with van der Waals surface area (Å²) in [4.78, 5) is 3.00. The maximum atomic E-state index is 6.32. The summed E-state index contributed by atoms with van der Waals surface area (Å²) in [5.74, 6) is 0. The monoisotopic (exact) mass is 328 g/mol. The van der Waals surface area contributed by atoms with Crippen molar-refractivity contribution in [3.8, 4) is 0 Å². The first kappa shape index (κ1) is 15.6. The van der Waals surface area contributed by atoms with E-state index in [9.17, 15) is 0 Å². The fraction of sp³-hybridized carbons (Fsp3) is 0.385. The van der Waals surface area contributed by atoms with E-state index in [2.05, 4.69) is 28.5 Å². The van der Waals surface area contributed by atoms with Crippen LogP contribution in [0.3, 0.4) is 0 Å². The summed E-state index contributed by atoms with van der Waals surface area (Å²) in [6.07, 6.45) is 0. The first-order chi connectivity index (χ1) is 9.61. The van der Waals surface area contributed by atoms with Crippen LogP contribution in [-0.2, 0) is 6.54 Å². The molecule has 2 rings (SSSR count). The van der Waals surface area contributed by atoms with E-state index >= 15 is 0 Å². The Morgan fingerprint density at radius 2 is 2.15 bits per heavy atom. The summed E-state index contributed by atoms with van der Waals surface area (Å²) in [5, 5.41) is 13.3. The first-order valence-electron chi connectivity index (χ1n) is 6.28. The number of rotatable bonds is 6. The van der Waals surface area contributed by atoms with Gasteiger partial charge in [-0.05, 0) is 18.2 Å². The molecule has 1 aromatic carbocycles. The van der Waals surface area contributed by atoms with Crippen LogP contribution in [0.15, 0.2) is 27.4 Å². The minimum Gasteiger partial charge on any atom is -0.353 e. The number of hydrogen-bond acceptors (Lipinski definition) is 6. The second kappa shape index (κ2) is 7.26. The van der Waals surface area contributed by atoms with Crippen molar-refractivity contribution in [3.05, 3.63) is 28.8 Å². The van der Waals surface area contributed by atoms with Crippen LogP contribution in [0.25, 0.3) is 0 Å². The van der Waals surface area contributed by atoms with Gasteiger partial charge in [0.05, 0.1) is 5.02 Å². The third kappa shape index (κ3) is 3.85. The molecule has 108 valence electrons. The molecule has 1 N–H and O–H groups in total. The minimum atomic E-state index is 0.756. The third-order valence-electron chi connectivity index (χ3n) is 2.58. The van der Waals surface area contributed by atoms with E-state index in [0.29, 0.717) is 0 Å². The summed E-state index contributed by atoms with van der Waals surface area (Å²) in [5.41, 5.74) is 1.19. The Kier molecular flexibility index (Phi) is 5.65. The zero-order valence-electron chi connectivity index (χ0n) is 11.7. The third-order valence-corrected chi connectivity index (χ3v) is 5.34. The first-order valence-corrected chi connectivity index (χ1v) is 8.29. The lowest BCUT2D eigenvalue weighted by Crippen LogP contribution is -2.12. The Morgan fingerprint density at radius 3 is 2.80 bits per heavy atom. The second-order valence-electron chi connectivity index (χ2n) is 4.36. The highest BCUT2D eigenvalue weighted by molar-refractivity contribution is 8.01. The number of halogens is 1. The van der Waals surface area contributed by atoms with Gasteiger partial charge in [-0.3, -0.25) is 0 Å². The number of nitrogens with zero attached hydrogens (tertiary/aromatic N) is 3. The van der Waals surface area contributed by atoms with Crippen LogP contribution in [0.2, 0.25) is 5.02 Å². The van der Waals surface area contributed by atoms with Crippen molar-refractivity contribution in [1.29, 1.82) is 0 Å². The molecule has 0 radical (unpaired) electrons. The minimum absolute atomic E-state index is 0.756. The van der Waals surface area contributed by atoms with Gasteiger partial charge in [0.25, 0.3) is 0 Å². The maximum Gasteiger partial charge on any atom is 0.208 e. The van der Waals surface area contributed by atoms with Crippen molar-refractivity contribution in [1.82, 2.24) is 15.5 Å². The van der Waals surface area contributed by atoms with Crippen LogP contribution in [-0.4, -0.2) is 30.8 Å². The predicted molar refractivity (Wildman–Crippen MR) is 87.2 cm³/mol. The van der Waals surface area contributed by atoms with Crippen molar-refractivity contribution in [2.24, 2.45) is 0 Å². The molecule has 0 aliphatic heterocycles. The van der Waals surface area contributed by atoms with Crippen molar-refractivity contribution >= 4 is 39.8 Å². The van der Waals surface area contributed by atoms with E-state index in [0.717, 1.165) is 32.5 Å². The molecule has 0 bridgehead atoms. The lowest BCUT2D eigenvalue weighted by atomic mass is 10.2. The summed E-state index contributed by atoms with van der Waals surface area (Å²) in [7, 11) is 3.92. The van der Waals surface area contributed by atoms with Crippen LogP contribution in [0.1, 0.15) is 12.5 Å². The number of nitrogens with one attached hydrogen (secondary N) is 1. The Bertz CT molecular complexity index is 571. The number of benzene rings is 1. The molecule has 0 aliphatic rings. The Balaban J connectivity index is 2.22. The molecule has 1 heterocycles. The van der Waals surface area contributed by atoms with Gasteiger partial charge in [-0.1, -0.05) is 53.8 Å². The fourth-order valence-corrected chi connectivity index (χ4v) is 3.72. The Morgan fingerprint density at radius 1 is 1.35 bits per heavy atom. The summed E-state index contributed by atoms with van der Waals surface area (Å²) in [6.45, 7) is 3.82. The summed E-state index contributed by atoms with van der Waals surface area (Å²) >= 11 is 9.47. The van der Waals surface area contributed by atoms with E-state index in [4.69, 9.17) is 11.6 Å². The van der Waals surface area contributed by atoms with Crippen LogP contribution in [0, 0.1) is 0 Å². The fourth-order valence-electron chi connectivity index (χ4n) is 1.58. The Labute approximate surface area is 132 Å². The normalized spacial score (nSPS) is 10.8. The van der Waals surface area contributed by atoms with Crippen LogP contribution < -0.4 is 10.2 Å². The SMILES string of the molecule is CCNCc1cccc(Cl)c1Sc1nnc(N(C)C)s1. The van der Waals surface area contributed by atoms with E-state index < -0.39 is 0 Å². The summed E-state index contributed by atoms with van der Waals surface area (Å²) < 4.78 is 0.902. The highest BCUT2D eigenvalue weighted by Crippen LogP contribution is 2.38. The number of anilines is 1. The lowest BCUT2D eigenvalue weighted by molar-refractivity contribution is 0.718. The second-order valence-corrected chi connectivity index (χ2v) is 6.98. The molecule has 0 unspecified atom stereocenters. The number of aromatic nitrogens is 2. The van der Waals surface area contributed by atoms with Gasteiger partial charge in [0.1, 0.15) is 0 Å². The van der Waals surface area contributed by atoms with Crippen molar-refractivity contribution in [2.45, 2.75) is 22.7 Å². The molecule has 4 nitrogen and oxygen atoms in total. The van der Waals surface area contributed by atoms with Gasteiger partial charge < -0.3 is 10.2 Å². The van der Waals surface area contributed by atoms with Gasteiger partial charge >= 0.3 is 0 Å². The zero-order chi connectivity index (χ0) is 14.5. The molecule has 2 aromatic rings. The summed E-state index contributed by atoms with van der Waals surface area (Å²) in [6, 6.07) is 5.97. The van der Waals surface area contributed by atoms with Crippen LogP contribution in [0.5, 0.6) is 0 Å². The molecule has 0 spiro atoms. The maximum absolute atomic E-state index is 6.32. The predicted octanol–water partition coefficient (Wildman–Crippen LogP) is 3.52. The van der Waals surface area contributed by atoms with E-state index in [1.165, 1.54) is 5.56 Å². The average Bonchev–Trinajstić information content (AvgIpc) is 2.88. The molecule has 0 aliphatic carbocycles. The topological polar surface area (TPSA) is 41.1 Å². The average molecular weight is 329 g/mol. The molecule has 0 amide bonds. The molecule has 0 saturated carbocycles. The molecular formula is C13H17ClN4S2. The molecule has 1 aromatic heterocycles. The van der Waals surface area contributed by atoms with Gasteiger partial charge in [-0.2, -0.15) is 0 Å². The molecule has 0 saturated heterocycles. The molecular weight excluding hydrogens is 312 g/mol. The van der Waals surface area contributed by atoms with E-state index in [1.807, 2.05) is 31.1 Å². The van der Waals surface area contributed by atoms with Gasteiger partial charge in [0.2, 0.25) is 5.13 Å². The van der Waals surface area contributed by atoms with Crippen molar-refractivity contribution in [3.63, 3.8) is 0 Å². The highest BCUT2D eigenvalue weighted by Gasteiger charge is 2.13. The largest absolute Gasteiger partial charge is 0.353 e. The molecule has 0 atom stereocenters. The Hall–Kier alpha value is -0.820. The van der Waals surface area contributed by atoms with E-state index in [-0.39, 0.29) is 0 Å². The molecule has 0 fully saturated rings. The molecule has 20 heavy (non-hydrogen) atoms. The van der Waals surface area contributed by atoms with Crippen LogP contribution >= 0.6 is 34.7 Å². The van der Waals surface area contributed by atoms with Gasteiger partial charge in [-0.15, -0.1) is 10.2 Å². The van der Waals surface area contributed by atoms with E-state index in [1.54, 1.807) is 23.1 Å². The van der Waals surface area contributed by atoms with Crippen LogP contribution in [0.4, 0.5) is 5.13 Å². The van der Waals surface area contributed by atoms with Crippen molar-refractivity contribution in [2.75, 3.05) is 25.5 Å². The lowest BCUT2D eigenvalue weighted by Gasteiger charge is -2.09. The van der Waals surface area contributed by atoms with Gasteiger partial charge in [0.15, 0.2) is 4.34 Å².